The Morgan fingerprint density at radius 3 is 0.870 bits per heavy atom. The number of rotatable bonds is 10. The van der Waals surface area contributed by atoms with Gasteiger partial charge >= 0.3 is 17.6 Å². The van der Waals surface area contributed by atoms with E-state index in [2.05, 4.69) is 41.5 Å². The maximum Gasteiger partial charge on any atom is 0.499 e. The Labute approximate surface area is 145 Å². The van der Waals surface area contributed by atoms with E-state index in [-0.39, 0.29) is 10.1 Å². The third-order valence-electron chi connectivity index (χ3n) is 3.44. The predicted octanol–water partition coefficient (Wildman–Crippen LogP) is 4.63. The van der Waals surface area contributed by atoms with Crippen LogP contribution in [0, 0.1) is 0 Å². The molecule has 0 aromatic rings. The molecule has 0 N–H and O–H groups in total. The van der Waals surface area contributed by atoms with Crippen LogP contribution in [0.25, 0.3) is 0 Å². The van der Waals surface area contributed by atoms with Crippen molar-refractivity contribution < 1.29 is 21.8 Å². The Bertz CT molecular complexity index is 292. The lowest BCUT2D eigenvalue weighted by atomic mass is 10.3. The molecule has 0 amide bonds. The lowest BCUT2D eigenvalue weighted by Gasteiger charge is -2.47. The van der Waals surface area contributed by atoms with E-state index in [0.29, 0.717) is 26.4 Å². The highest BCUT2D eigenvalue weighted by Gasteiger charge is 2.64. The molecule has 0 aromatic carbocycles. The highest BCUT2D eigenvalue weighted by atomic mass is 28.5. The molecule has 0 rings (SSSR count). The van der Waals surface area contributed by atoms with Gasteiger partial charge in [-0.2, -0.15) is 0 Å². The molecule has 0 saturated carbocycles. The lowest BCUT2D eigenvalue weighted by Crippen LogP contribution is -2.66. The molecule has 0 spiro atoms. The van der Waals surface area contributed by atoms with E-state index in [0.717, 1.165) is 0 Å². The van der Waals surface area contributed by atoms with Gasteiger partial charge in [-0.25, -0.2) is 0 Å². The van der Waals surface area contributed by atoms with Crippen LogP contribution < -0.4 is 0 Å². The van der Waals surface area contributed by atoms with Gasteiger partial charge in [0.1, 0.15) is 0 Å². The van der Waals surface area contributed by atoms with Crippen molar-refractivity contribution >= 4 is 17.6 Å². The van der Waals surface area contributed by atoms with Crippen LogP contribution in [0.15, 0.2) is 0 Å². The second-order valence-corrected chi connectivity index (χ2v) is 14.6. The standard InChI is InChI=1S/C16H38O5Si2/c1-11-17-22(18-12-2,15(5,6)7)21-23(19-13-3,20-14-4)16(8,9)10/h11-14H2,1-10H3. The van der Waals surface area contributed by atoms with Gasteiger partial charge in [-0.05, 0) is 27.7 Å². The quantitative estimate of drug-likeness (QED) is 0.528. The maximum absolute atomic E-state index is 6.71. The smallest absolute Gasteiger partial charge is 0.374 e. The first-order chi connectivity index (χ1) is 10.4. The largest absolute Gasteiger partial charge is 0.499 e. The fraction of sp³-hybridized carbons (Fsp3) is 1.00. The molecule has 0 aliphatic rings. The molecule has 0 aliphatic heterocycles. The van der Waals surface area contributed by atoms with Crippen molar-refractivity contribution in [3.8, 4) is 0 Å². The molecule has 0 bridgehead atoms. The zero-order chi connectivity index (χ0) is 18.4. The van der Waals surface area contributed by atoms with Crippen molar-refractivity contribution in [1.29, 1.82) is 0 Å². The first-order valence-corrected chi connectivity index (χ1v) is 12.2. The summed E-state index contributed by atoms with van der Waals surface area (Å²) in [4.78, 5) is 0. The first-order valence-electron chi connectivity index (χ1n) is 8.71. The van der Waals surface area contributed by atoms with Crippen LogP contribution in [0.5, 0.6) is 0 Å². The SMILES string of the molecule is CCO[Si](OCC)(O[Si](OCC)(OCC)C(C)(C)C)C(C)(C)C. The summed E-state index contributed by atoms with van der Waals surface area (Å²) in [6.07, 6.45) is 0. The van der Waals surface area contributed by atoms with Gasteiger partial charge in [0.15, 0.2) is 0 Å². The topological polar surface area (TPSA) is 46.2 Å². The summed E-state index contributed by atoms with van der Waals surface area (Å²) in [5.74, 6) is 0. The Kier molecular flexibility index (Phi) is 9.17. The molecular formula is C16H38O5Si2. The summed E-state index contributed by atoms with van der Waals surface area (Å²) in [6.45, 7) is 22.6. The van der Waals surface area contributed by atoms with Crippen molar-refractivity contribution in [2.24, 2.45) is 0 Å². The van der Waals surface area contributed by atoms with Crippen molar-refractivity contribution in [2.45, 2.75) is 79.3 Å². The van der Waals surface area contributed by atoms with E-state index < -0.39 is 17.6 Å². The second kappa shape index (κ2) is 9.08. The first kappa shape index (κ1) is 23.2. The summed E-state index contributed by atoms with van der Waals surface area (Å²) in [5, 5.41) is -0.534. The normalized spacial score (nSPS) is 14.3. The van der Waals surface area contributed by atoms with Crippen molar-refractivity contribution in [3.05, 3.63) is 0 Å². The molecular weight excluding hydrogens is 328 g/mol. The predicted molar refractivity (Wildman–Crippen MR) is 98.5 cm³/mol. The van der Waals surface area contributed by atoms with Crippen LogP contribution in [0.4, 0.5) is 0 Å². The van der Waals surface area contributed by atoms with E-state index >= 15 is 0 Å². The van der Waals surface area contributed by atoms with E-state index in [9.17, 15) is 0 Å². The summed E-state index contributed by atoms with van der Waals surface area (Å²) >= 11 is 0. The van der Waals surface area contributed by atoms with Crippen LogP contribution in [0.1, 0.15) is 69.2 Å². The molecule has 0 heterocycles. The zero-order valence-electron chi connectivity index (χ0n) is 16.9. The lowest BCUT2D eigenvalue weighted by molar-refractivity contribution is 0.0248. The van der Waals surface area contributed by atoms with Crippen LogP contribution in [0.3, 0.4) is 0 Å². The summed E-state index contributed by atoms with van der Waals surface area (Å²) in [7, 11) is -6.01. The van der Waals surface area contributed by atoms with E-state index in [1.807, 2.05) is 27.7 Å². The molecule has 7 heteroatoms. The summed E-state index contributed by atoms with van der Waals surface area (Å²) in [6, 6.07) is 0. The summed E-state index contributed by atoms with van der Waals surface area (Å²) < 4.78 is 31.3. The van der Waals surface area contributed by atoms with Gasteiger partial charge < -0.3 is 21.8 Å². The van der Waals surface area contributed by atoms with Crippen LogP contribution in [-0.2, 0) is 21.8 Å². The molecule has 0 unspecified atom stereocenters. The van der Waals surface area contributed by atoms with Gasteiger partial charge in [0.25, 0.3) is 0 Å². The minimum absolute atomic E-state index is 0.267. The third kappa shape index (κ3) is 5.62. The average molecular weight is 367 g/mol. The molecule has 140 valence electrons. The van der Waals surface area contributed by atoms with Gasteiger partial charge in [0, 0.05) is 36.5 Å². The zero-order valence-corrected chi connectivity index (χ0v) is 18.9. The van der Waals surface area contributed by atoms with Gasteiger partial charge in [-0.3, -0.25) is 0 Å². The van der Waals surface area contributed by atoms with Crippen LogP contribution >= 0.6 is 0 Å². The minimum Gasteiger partial charge on any atom is -0.374 e. The Hall–Kier alpha value is 0.234. The van der Waals surface area contributed by atoms with Gasteiger partial charge in [0.05, 0.1) is 0 Å². The molecule has 5 nitrogen and oxygen atoms in total. The third-order valence-corrected chi connectivity index (χ3v) is 11.9. The van der Waals surface area contributed by atoms with E-state index in [1.54, 1.807) is 0 Å². The van der Waals surface area contributed by atoms with E-state index in [4.69, 9.17) is 21.8 Å². The second-order valence-electron chi connectivity index (χ2n) is 7.45. The molecule has 0 radical (unpaired) electrons. The highest BCUT2D eigenvalue weighted by Crippen LogP contribution is 2.46. The highest BCUT2D eigenvalue weighted by molar-refractivity contribution is 6.78. The monoisotopic (exact) mass is 366 g/mol. The van der Waals surface area contributed by atoms with Crippen LogP contribution in [-0.4, -0.2) is 44.0 Å². The number of hydrogen-bond acceptors (Lipinski definition) is 5. The van der Waals surface area contributed by atoms with Gasteiger partial charge in [-0.1, -0.05) is 41.5 Å². The fourth-order valence-electron chi connectivity index (χ4n) is 2.31. The molecule has 0 fully saturated rings. The Balaban J connectivity index is 6.02. The van der Waals surface area contributed by atoms with Crippen molar-refractivity contribution in [2.75, 3.05) is 26.4 Å². The fourth-order valence-corrected chi connectivity index (χ4v) is 10.5. The average Bonchev–Trinajstić information content (AvgIpc) is 2.37. The maximum atomic E-state index is 6.71. The molecule has 0 aromatic heterocycles. The Morgan fingerprint density at radius 1 is 0.522 bits per heavy atom. The molecule has 23 heavy (non-hydrogen) atoms. The summed E-state index contributed by atoms with van der Waals surface area (Å²) in [5.41, 5.74) is 0. The van der Waals surface area contributed by atoms with Gasteiger partial charge in [0.2, 0.25) is 0 Å². The molecule has 0 atom stereocenters. The molecule has 0 aliphatic carbocycles. The van der Waals surface area contributed by atoms with E-state index in [1.165, 1.54) is 0 Å². The van der Waals surface area contributed by atoms with Gasteiger partial charge in [-0.15, -0.1) is 0 Å². The van der Waals surface area contributed by atoms with Crippen LogP contribution in [0.2, 0.25) is 10.1 Å². The molecule has 0 saturated heterocycles. The minimum atomic E-state index is -3.01. The number of hydrogen-bond donors (Lipinski definition) is 0. The van der Waals surface area contributed by atoms with Crippen molar-refractivity contribution in [3.63, 3.8) is 0 Å². The van der Waals surface area contributed by atoms with Crippen molar-refractivity contribution in [1.82, 2.24) is 0 Å². The Morgan fingerprint density at radius 2 is 0.739 bits per heavy atom.